The van der Waals surface area contributed by atoms with Gasteiger partial charge in [-0.15, -0.1) is 0 Å². The molecule has 10 heteroatoms. The van der Waals surface area contributed by atoms with Crippen LogP contribution in [0.2, 0.25) is 0 Å². The highest BCUT2D eigenvalue weighted by Crippen LogP contribution is 2.28. The van der Waals surface area contributed by atoms with Gasteiger partial charge in [-0.3, -0.25) is 4.79 Å². The highest BCUT2D eigenvalue weighted by molar-refractivity contribution is 7.98. The fourth-order valence-corrected chi connectivity index (χ4v) is 6.06. The van der Waals surface area contributed by atoms with Crippen molar-refractivity contribution in [3.8, 4) is 0 Å². The van der Waals surface area contributed by atoms with Crippen molar-refractivity contribution < 1.29 is 17.7 Å². The summed E-state index contributed by atoms with van der Waals surface area (Å²) in [5.74, 6) is 0.883. The lowest BCUT2D eigenvalue weighted by atomic mass is 10.2. The second-order valence-electron chi connectivity index (χ2n) is 7.97. The molecule has 174 valence electrons. The normalized spacial score (nSPS) is 14.8. The van der Waals surface area contributed by atoms with E-state index in [-0.39, 0.29) is 10.8 Å². The summed E-state index contributed by atoms with van der Waals surface area (Å²) in [5, 5.41) is 7.41. The van der Waals surface area contributed by atoms with Crippen molar-refractivity contribution in [3.05, 3.63) is 65.2 Å². The molecule has 0 unspecified atom stereocenters. The summed E-state index contributed by atoms with van der Waals surface area (Å²) < 4.78 is 32.7. The minimum Gasteiger partial charge on any atom is -0.361 e. The average molecular weight is 487 g/mol. The van der Waals surface area contributed by atoms with Crippen LogP contribution < -0.4 is 5.32 Å². The zero-order chi connectivity index (χ0) is 23.4. The summed E-state index contributed by atoms with van der Waals surface area (Å²) in [6, 6.07) is 10.1. The molecule has 0 radical (unpaired) electrons. The van der Waals surface area contributed by atoms with Crippen LogP contribution in [0.4, 0.5) is 5.69 Å². The number of pyridine rings is 1. The van der Waals surface area contributed by atoms with E-state index in [1.54, 1.807) is 36.5 Å². The third-order valence-electron chi connectivity index (χ3n) is 5.46. The molecule has 1 aliphatic heterocycles. The minimum absolute atomic E-state index is 0.187. The predicted octanol–water partition coefficient (Wildman–Crippen LogP) is 4.41. The molecule has 1 fully saturated rings. The summed E-state index contributed by atoms with van der Waals surface area (Å²) in [6.07, 6.45) is 4.40. The Morgan fingerprint density at radius 2 is 1.94 bits per heavy atom. The van der Waals surface area contributed by atoms with E-state index >= 15 is 0 Å². The number of rotatable bonds is 7. The fraction of sp³-hybridized carbons (Fsp3) is 0.348. The van der Waals surface area contributed by atoms with E-state index in [1.165, 1.54) is 16.1 Å². The van der Waals surface area contributed by atoms with Gasteiger partial charge in [-0.2, -0.15) is 4.31 Å². The first-order valence-corrected chi connectivity index (χ1v) is 13.2. The molecular weight excluding hydrogens is 460 g/mol. The zero-order valence-corrected chi connectivity index (χ0v) is 20.2. The lowest BCUT2D eigenvalue weighted by Gasteiger charge is -2.26. The summed E-state index contributed by atoms with van der Waals surface area (Å²) in [7, 11) is -3.60. The van der Waals surface area contributed by atoms with Crippen molar-refractivity contribution in [2.75, 3.05) is 18.4 Å². The van der Waals surface area contributed by atoms with Crippen LogP contribution in [0.3, 0.4) is 0 Å². The number of benzene rings is 1. The van der Waals surface area contributed by atoms with E-state index in [2.05, 4.69) is 15.5 Å². The minimum atomic E-state index is -3.60. The quantitative estimate of drug-likeness (QED) is 0.493. The van der Waals surface area contributed by atoms with Gasteiger partial charge in [0, 0.05) is 36.8 Å². The van der Waals surface area contributed by atoms with Crippen LogP contribution in [0.15, 0.2) is 57.0 Å². The summed E-state index contributed by atoms with van der Waals surface area (Å²) >= 11 is 1.39. The van der Waals surface area contributed by atoms with Gasteiger partial charge in [0.2, 0.25) is 10.0 Å². The number of piperidine rings is 1. The Morgan fingerprint density at radius 1 is 1.15 bits per heavy atom. The number of hydrogen-bond acceptors (Lipinski definition) is 7. The largest absolute Gasteiger partial charge is 0.361 e. The summed E-state index contributed by atoms with van der Waals surface area (Å²) in [5.41, 5.74) is 2.41. The smallest absolute Gasteiger partial charge is 0.258 e. The highest BCUT2D eigenvalue weighted by atomic mass is 32.2. The number of carbonyl (C=O) groups is 1. The van der Waals surface area contributed by atoms with Gasteiger partial charge in [0.05, 0.1) is 16.2 Å². The first kappa shape index (κ1) is 23.5. The van der Waals surface area contributed by atoms with E-state index < -0.39 is 10.0 Å². The maximum absolute atomic E-state index is 13.1. The molecule has 8 nitrogen and oxygen atoms in total. The monoisotopic (exact) mass is 486 g/mol. The Bertz CT molecular complexity index is 1250. The summed E-state index contributed by atoms with van der Waals surface area (Å²) in [6.45, 7) is 4.71. The van der Waals surface area contributed by atoms with Gasteiger partial charge in [-0.1, -0.05) is 29.4 Å². The molecule has 1 saturated heterocycles. The van der Waals surface area contributed by atoms with Crippen LogP contribution in [0.1, 0.15) is 46.6 Å². The lowest BCUT2D eigenvalue weighted by Crippen LogP contribution is -2.35. The topological polar surface area (TPSA) is 105 Å². The maximum Gasteiger partial charge on any atom is 0.258 e. The number of sulfonamides is 1. The molecule has 0 atom stereocenters. The van der Waals surface area contributed by atoms with Gasteiger partial charge in [0.25, 0.3) is 5.91 Å². The van der Waals surface area contributed by atoms with E-state index in [0.29, 0.717) is 35.1 Å². The van der Waals surface area contributed by atoms with Crippen molar-refractivity contribution in [1.29, 1.82) is 0 Å². The first-order chi connectivity index (χ1) is 15.8. The molecule has 3 heterocycles. The Labute approximate surface area is 197 Å². The Balaban J connectivity index is 1.53. The first-order valence-electron chi connectivity index (χ1n) is 10.8. The van der Waals surface area contributed by atoms with Gasteiger partial charge >= 0.3 is 0 Å². The number of nitrogens with zero attached hydrogens (tertiary/aromatic N) is 3. The van der Waals surface area contributed by atoms with E-state index in [4.69, 9.17) is 4.52 Å². The zero-order valence-electron chi connectivity index (χ0n) is 18.6. The molecule has 1 amide bonds. The van der Waals surface area contributed by atoms with Gasteiger partial charge in [-0.25, -0.2) is 13.4 Å². The van der Waals surface area contributed by atoms with Crippen molar-refractivity contribution in [1.82, 2.24) is 14.4 Å². The number of nitrogens with one attached hydrogen (secondary N) is 1. The number of anilines is 1. The standard InChI is InChI=1S/C23H26N4O4S2/c1-16-8-9-19(33(29,30)27-11-4-3-5-12-27)14-21(16)25-22(28)20-7-6-10-24-23(20)32-15-18-13-17(2)31-26-18/h6-10,13-14H,3-5,11-12,15H2,1-2H3,(H,25,28). The van der Waals surface area contributed by atoms with Crippen LogP contribution >= 0.6 is 11.8 Å². The van der Waals surface area contributed by atoms with Gasteiger partial charge in [-0.05, 0) is 56.5 Å². The fourth-order valence-electron chi connectivity index (χ4n) is 3.65. The molecule has 1 aliphatic rings. The van der Waals surface area contributed by atoms with Gasteiger partial charge in [0.15, 0.2) is 0 Å². The Morgan fingerprint density at radius 3 is 2.67 bits per heavy atom. The number of amides is 1. The van der Waals surface area contributed by atoms with Crippen LogP contribution in [0.25, 0.3) is 0 Å². The lowest BCUT2D eigenvalue weighted by molar-refractivity contribution is 0.102. The number of aromatic nitrogens is 2. The van der Waals surface area contributed by atoms with Gasteiger partial charge in [0.1, 0.15) is 10.8 Å². The van der Waals surface area contributed by atoms with Crippen molar-refractivity contribution in [2.24, 2.45) is 0 Å². The Hall–Kier alpha value is -2.69. The second-order valence-corrected chi connectivity index (χ2v) is 10.9. The molecule has 0 saturated carbocycles. The number of aryl methyl sites for hydroxylation is 2. The molecular formula is C23H26N4O4S2. The molecule has 1 N–H and O–H groups in total. The predicted molar refractivity (Wildman–Crippen MR) is 127 cm³/mol. The molecule has 4 rings (SSSR count). The maximum atomic E-state index is 13.1. The SMILES string of the molecule is Cc1cc(CSc2ncccc2C(=O)Nc2cc(S(=O)(=O)N3CCCCC3)ccc2C)no1. The molecule has 0 aliphatic carbocycles. The summed E-state index contributed by atoms with van der Waals surface area (Å²) in [4.78, 5) is 17.6. The number of carbonyl (C=O) groups excluding carboxylic acids is 1. The number of hydrogen-bond donors (Lipinski definition) is 1. The van der Waals surface area contributed by atoms with Crippen molar-refractivity contribution in [2.45, 2.75) is 48.8 Å². The average Bonchev–Trinajstić information content (AvgIpc) is 3.24. The molecule has 0 bridgehead atoms. The van der Waals surface area contributed by atoms with Crippen LogP contribution in [0, 0.1) is 13.8 Å². The third-order valence-corrected chi connectivity index (χ3v) is 8.39. The third kappa shape index (κ3) is 5.45. The molecule has 1 aromatic carbocycles. The van der Waals surface area contributed by atoms with Crippen LogP contribution in [0.5, 0.6) is 0 Å². The Kier molecular flexibility index (Phi) is 7.16. The van der Waals surface area contributed by atoms with Crippen LogP contribution in [-0.2, 0) is 15.8 Å². The molecule has 3 aromatic rings. The van der Waals surface area contributed by atoms with Crippen molar-refractivity contribution in [3.63, 3.8) is 0 Å². The molecule has 33 heavy (non-hydrogen) atoms. The van der Waals surface area contributed by atoms with E-state index in [9.17, 15) is 13.2 Å². The second kappa shape index (κ2) is 10.1. The highest BCUT2D eigenvalue weighted by Gasteiger charge is 2.26. The molecule has 0 spiro atoms. The van der Waals surface area contributed by atoms with E-state index in [1.807, 2.05) is 19.9 Å². The van der Waals surface area contributed by atoms with E-state index in [0.717, 1.165) is 36.3 Å². The number of thioether (sulfide) groups is 1. The van der Waals surface area contributed by atoms with Crippen LogP contribution in [-0.4, -0.2) is 41.9 Å². The van der Waals surface area contributed by atoms with Crippen molar-refractivity contribution >= 4 is 33.4 Å². The van der Waals surface area contributed by atoms with Gasteiger partial charge < -0.3 is 9.84 Å². The molecule has 2 aromatic heterocycles.